The molecule has 422 valence electrons. The third kappa shape index (κ3) is 38.0. The molecular weight excluding hydrogens is 931 g/mol. The van der Waals surface area contributed by atoms with Crippen molar-refractivity contribution in [2.45, 2.75) is 262 Å². The Morgan fingerprint density at radius 2 is 1.04 bits per heavy atom. The van der Waals surface area contributed by atoms with Crippen LogP contribution in [0.3, 0.4) is 0 Å². The highest BCUT2D eigenvalue weighted by atomic mass is 16.7. The number of esters is 1. The Bertz CT molecular complexity index is 1610. The van der Waals surface area contributed by atoms with Crippen LogP contribution in [0.15, 0.2) is 109 Å². The van der Waals surface area contributed by atoms with Crippen molar-refractivity contribution < 1.29 is 49.3 Å². The van der Waals surface area contributed by atoms with Crippen LogP contribution in [0.2, 0.25) is 0 Å². The molecule has 1 fully saturated rings. The summed E-state index contributed by atoms with van der Waals surface area (Å²) in [5.41, 5.74) is 0. The van der Waals surface area contributed by atoms with E-state index in [1.807, 2.05) is 18.2 Å². The van der Waals surface area contributed by atoms with E-state index in [1.54, 1.807) is 6.08 Å². The van der Waals surface area contributed by atoms with Crippen LogP contribution in [-0.4, -0.2) is 99.6 Å². The molecule has 8 unspecified atom stereocenters. The van der Waals surface area contributed by atoms with Gasteiger partial charge in [0.2, 0.25) is 5.91 Å². The maximum atomic E-state index is 13.4. The van der Waals surface area contributed by atoms with Gasteiger partial charge in [0.25, 0.3) is 0 Å². The van der Waals surface area contributed by atoms with E-state index in [0.29, 0.717) is 12.8 Å². The van der Waals surface area contributed by atoms with E-state index >= 15 is 0 Å². The van der Waals surface area contributed by atoms with Crippen LogP contribution in [0.4, 0.5) is 0 Å². The van der Waals surface area contributed by atoms with Crippen LogP contribution in [0, 0.1) is 0 Å². The summed E-state index contributed by atoms with van der Waals surface area (Å²) in [6.07, 6.45) is 57.0. The molecule has 11 heteroatoms. The topological polar surface area (TPSA) is 175 Å². The monoisotopic (exact) mass is 1040 g/mol. The quantitative estimate of drug-likeness (QED) is 0.0149. The molecule has 8 atom stereocenters. The summed E-state index contributed by atoms with van der Waals surface area (Å²) in [6.45, 7) is 5.49. The van der Waals surface area contributed by atoms with Crippen LogP contribution in [0.1, 0.15) is 213 Å². The smallest absolute Gasteiger partial charge is 0.306 e. The van der Waals surface area contributed by atoms with Crippen LogP contribution in [-0.2, 0) is 23.8 Å². The van der Waals surface area contributed by atoms with Crippen LogP contribution in [0.25, 0.3) is 0 Å². The first-order valence-electron chi connectivity index (χ1n) is 29.2. The minimum absolute atomic E-state index is 0.0999. The van der Waals surface area contributed by atoms with Crippen LogP contribution in [0.5, 0.6) is 0 Å². The minimum atomic E-state index is -1.63. The average Bonchev–Trinajstić information content (AvgIpc) is 3.40. The second-order valence-electron chi connectivity index (χ2n) is 19.7. The van der Waals surface area contributed by atoms with Gasteiger partial charge in [-0.2, -0.15) is 0 Å². The summed E-state index contributed by atoms with van der Waals surface area (Å²) in [7, 11) is 0. The summed E-state index contributed by atoms with van der Waals surface area (Å²) in [5.74, 6) is -1.25. The van der Waals surface area contributed by atoms with Crippen molar-refractivity contribution in [2.75, 3.05) is 13.2 Å². The minimum Gasteiger partial charge on any atom is -0.454 e. The molecule has 1 aliphatic heterocycles. The summed E-state index contributed by atoms with van der Waals surface area (Å²) in [6, 6.07) is -1.05. The Morgan fingerprint density at radius 1 is 0.554 bits per heavy atom. The molecule has 6 N–H and O–H groups in total. The predicted octanol–water partition coefficient (Wildman–Crippen LogP) is 13.3. The standard InChI is InChI=1S/C63H105NO10/c1-4-7-10-13-16-19-22-25-27-28-29-31-32-35-38-41-44-47-50-56(67)62(71)64-54(55(66)49-46-43-40-37-34-24-21-18-15-12-9-6-3)53-72-63-61(60(70)59(69)57(52-65)73-63)74-58(68)51-48-45-42-39-36-33-30-26-23-20-17-14-11-8-5-2/h7-8,10-11,14,16-17,19-20,23,25,27,29,31,35,38,46,49,54-57,59-61,63,65-67,69-70H,4-6,9,12-13,15,18,21-22,24,26,28,30,32-34,36-37,39-45,47-48,50-53H2,1-3H3,(H,64,71)/b10-7-,11-8+,17-14+,19-16-,23-20+,27-25-,31-29-,38-35-,49-46+. The van der Waals surface area contributed by atoms with E-state index < -0.39 is 67.4 Å². The molecule has 11 nitrogen and oxygen atoms in total. The van der Waals surface area contributed by atoms with Gasteiger partial charge >= 0.3 is 5.97 Å². The van der Waals surface area contributed by atoms with E-state index in [2.05, 4.69) is 111 Å². The molecule has 0 aromatic rings. The maximum absolute atomic E-state index is 13.4. The number of aliphatic hydroxyl groups excluding tert-OH is 5. The van der Waals surface area contributed by atoms with Gasteiger partial charge in [0.1, 0.15) is 24.4 Å². The Labute approximate surface area is 449 Å². The highest BCUT2D eigenvalue weighted by molar-refractivity contribution is 5.80. The molecule has 0 saturated carbocycles. The first kappa shape index (κ1) is 68.3. The number of carbonyl (C=O) groups excluding carboxylic acids is 2. The van der Waals surface area contributed by atoms with Gasteiger partial charge in [-0.25, -0.2) is 0 Å². The summed E-state index contributed by atoms with van der Waals surface area (Å²) in [4.78, 5) is 26.5. The van der Waals surface area contributed by atoms with Gasteiger partial charge in [-0.05, 0) is 89.9 Å². The molecule has 0 aliphatic carbocycles. The maximum Gasteiger partial charge on any atom is 0.306 e. The van der Waals surface area contributed by atoms with E-state index in [0.717, 1.165) is 122 Å². The van der Waals surface area contributed by atoms with Crippen LogP contribution >= 0.6 is 0 Å². The van der Waals surface area contributed by atoms with Gasteiger partial charge < -0.3 is 45.1 Å². The number of nitrogens with one attached hydrogen (secondary N) is 1. The fraction of sp³-hybridized carbons (Fsp3) is 0.683. The van der Waals surface area contributed by atoms with Crippen molar-refractivity contribution in [3.63, 3.8) is 0 Å². The molecule has 1 heterocycles. The number of unbranched alkanes of at least 4 members (excludes halogenated alkanes) is 19. The molecule has 1 saturated heterocycles. The highest BCUT2D eigenvalue weighted by Gasteiger charge is 2.47. The van der Waals surface area contributed by atoms with Gasteiger partial charge in [0.05, 0.1) is 25.4 Å². The first-order valence-corrected chi connectivity index (χ1v) is 29.2. The highest BCUT2D eigenvalue weighted by Crippen LogP contribution is 2.26. The van der Waals surface area contributed by atoms with E-state index in [-0.39, 0.29) is 19.4 Å². The predicted molar refractivity (Wildman–Crippen MR) is 305 cm³/mol. The number of hydrogen-bond acceptors (Lipinski definition) is 10. The Balaban J connectivity index is 2.76. The molecule has 74 heavy (non-hydrogen) atoms. The zero-order chi connectivity index (χ0) is 54.0. The number of ether oxygens (including phenoxy) is 3. The van der Waals surface area contributed by atoms with Crippen molar-refractivity contribution in [1.82, 2.24) is 5.32 Å². The Hall–Kier alpha value is -3.68. The van der Waals surface area contributed by atoms with Crippen molar-refractivity contribution in [1.29, 1.82) is 0 Å². The first-order chi connectivity index (χ1) is 36.2. The fourth-order valence-corrected chi connectivity index (χ4v) is 8.38. The summed E-state index contributed by atoms with van der Waals surface area (Å²) < 4.78 is 17.5. The lowest BCUT2D eigenvalue weighted by Gasteiger charge is -2.41. The van der Waals surface area contributed by atoms with Gasteiger partial charge in [0.15, 0.2) is 12.4 Å². The summed E-state index contributed by atoms with van der Waals surface area (Å²) >= 11 is 0. The van der Waals surface area contributed by atoms with Gasteiger partial charge in [-0.3, -0.25) is 9.59 Å². The SMILES string of the molecule is CC/C=C\C/C=C\C/C=C\C/C=C\C/C=C\CCCCC(O)C(=O)NC(COC1OC(CO)C(O)C(O)C1OC(=O)CCCCCCCCC/C=C/C=C/C=C/CC)C(O)/C=C/CCCCCCCCCCCC. The molecule has 0 radical (unpaired) electrons. The third-order valence-corrected chi connectivity index (χ3v) is 13.0. The van der Waals surface area contributed by atoms with E-state index in [1.165, 1.54) is 44.9 Å². The molecule has 0 aromatic carbocycles. The molecular formula is C63H105NO10. The molecule has 1 amide bonds. The fourth-order valence-electron chi connectivity index (χ4n) is 8.38. The lowest BCUT2D eigenvalue weighted by atomic mass is 9.99. The van der Waals surface area contributed by atoms with Gasteiger partial charge in [0, 0.05) is 6.42 Å². The number of hydrogen-bond donors (Lipinski definition) is 6. The number of amides is 1. The van der Waals surface area contributed by atoms with Gasteiger partial charge in [-0.1, -0.05) is 226 Å². The molecule has 0 spiro atoms. The second-order valence-corrected chi connectivity index (χ2v) is 19.7. The molecule has 1 rings (SSSR count). The number of rotatable bonds is 47. The Morgan fingerprint density at radius 3 is 1.61 bits per heavy atom. The number of carbonyl (C=O) groups is 2. The van der Waals surface area contributed by atoms with Crippen molar-refractivity contribution in [2.24, 2.45) is 0 Å². The van der Waals surface area contributed by atoms with Crippen molar-refractivity contribution >= 4 is 11.9 Å². The van der Waals surface area contributed by atoms with Gasteiger partial charge in [-0.15, -0.1) is 0 Å². The Kier molecular flexibility index (Phi) is 46.3. The lowest BCUT2D eigenvalue weighted by Crippen LogP contribution is -2.61. The number of aliphatic hydroxyl groups is 5. The lowest BCUT2D eigenvalue weighted by molar-refractivity contribution is -0.305. The average molecular weight is 1040 g/mol. The zero-order valence-electron chi connectivity index (χ0n) is 46.4. The zero-order valence-corrected chi connectivity index (χ0v) is 46.4. The summed E-state index contributed by atoms with van der Waals surface area (Å²) in [5, 5.41) is 56.8. The van der Waals surface area contributed by atoms with Crippen molar-refractivity contribution in [3.05, 3.63) is 109 Å². The molecule has 0 aromatic heterocycles. The van der Waals surface area contributed by atoms with E-state index in [4.69, 9.17) is 14.2 Å². The second kappa shape index (κ2) is 50.2. The largest absolute Gasteiger partial charge is 0.454 e. The van der Waals surface area contributed by atoms with Crippen molar-refractivity contribution in [3.8, 4) is 0 Å². The molecule has 0 bridgehead atoms. The third-order valence-electron chi connectivity index (χ3n) is 13.0. The van der Waals surface area contributed by atoms with Crippen LogP contribution < -0.4 is 5.32 Å². The number of allylic oxidation sites excluding steroid dienone is 17. The normalized spacial score (nSPS) is 20.1. The molecule has 1 aliphatic rings. The van der Waals surface area contributed by atoms with E-state index in [9.17, 15) is 35.1 Å².